The zero-order valence-electron chi connectivity index (χ0n) is 8.49. The first-order valence-corrected chi connectivity index (χ1v) is 5.13. The fraction of sp³-hybridized carbons (Fsp3) is 0.364. The van der Waals surface area contributed by atoms with E-state index in [9.17, 15) is 4.79 Å². The van der Waals surface area contributed by atoms with Crippen LogP contribution in [0, 0.1) is 0 Å². The molecule has 1 amide bonds. The van der Waals surface area contributed by atoms with Crippen molar-refractivity contribution in [2.24, 2.45) is 5.73 Å². The van der Waals surface area contributed by atoms with E-state index >= 15 is 0 Å². The van der Waals surface area contributed by atoms with Crippen LogP contribution in [0.4, 0.5) is 5.69 Å². The molecule has 1 aliphatic heterocycles. The minimum absolute atomic E-state index is 0.0247. The van der Waals surface area contributed by atoms with Gasteiger partial charge in [-0.05, 0) is 11.6 Å². The average molecular weight is 205 g/mol. The Labute approximate surface area is 88.9 Å². The zero-order chi connectivity index (χ0) is 10.7. The number of anilines is 1. The third-order valence-corrected chi connectivity index (χ3v) is 2.53. The van der Waals surface area contributed by atoms with E-state index < -0.39 is 0 Å². The van der Waals surface area contributed by atoms with Gasteiger partial charge in [-0.25, -0.2) is 0 Å². The van der Waals surface area contributed by atoms with Crippen molar-refractivity contribution in [3.8, 4) is 0 Å². The van der Waals surface area contributed by atoms with E-state index in [-0.39, 0.29) is 11.9 Å². The number of nitrogens with one attached hydrogen (secondary N) is 2. The van der Waals surface area contributed by atoms with E-state index in [1.165, 1.54) is 5.56 Å². The van der Waals surface area contributed by atoms with Crippen LogP contribution in [0.5, 0.6) is 0 Å². The summed E-state index contributed by atoms with van der Waals surface area (Å²) in [6, 6.07) is 7.84. The Kier molecular flexibility index (Phi) is 2.87. The van der Waals surface area contributed by atoms with Gasteiger partial charge in [-0.1, -0.05) is 18.2 Å². The van der Waals surface area contributed by atoms with E-state index in [1.807, 2.05) is 24.3 Å². The van der Waals surface area contributed by atoms with Crippen LogP contribution in [0.2, 0.25) is 0 Å². The number of nitrogens with two attached hydrogens (primary N) is 1. The van der Waals surface area contributed by atoms with E-state index in [0.717, 1.165) is 12.1 Å². The van der Waals surface area contributed by atoms with Gasteiger partial charge >= 0.3 is 0 Å². The Balaban J connectivity index is 1.98. The largest absolute Gasteiger partial charge is 0.373 e. The lowest BCUT2D eigenvalue weighted by atomic mass is 10.1. The third-order valence-electron chi connectivity index (χ3n) is 2.53. The van der Waals surface area contributed by atoms with Gasteiger partial charge in [-0.2, -0.15) is 0 Å². The number of amides is 1. The van der Waals surface area contributed by atoms with Crippen molar-refractivity contribution in [3.63, 3.8) is 0 Å². The number of para-hydroxylation sites is 1. The minimum atomic E-state index is -0.144. The van der Waals surface area contributed by atoms with E-state index in [1.54, 1.807) is 0 Å². The molecular formula is C11H15N3O. The molecule has 1 aliphatic rings. The number of hydrogen-bond acceptors (Lipinski definition) is 3. The number of carbonyl (C=O) groups excluding carboxylic acids is 1. The molecule has 1 heterocycles. The molecule has 4 N–H and O–H groups in total. The SMILES string of the molecule is NCCNC(=O)C1Cc2ccccc2N1. The van der Waals surface area contributed by atoms with Gasteiger partial charge in [0.1, 0.15) is 6.04 Å². The van der Waals surface area contributed by atoms with Gasteiger partial charge in [-0.15, -0.1) is 0 Å². The monoisotopic (exact) mass is 205 g/mol. The van der Waals surface area contributed by atoms with Gasteiger partial charge in [0.25, 0.3) is 0 Å². The normalized spacial score (nSPS) is 18.1. The molecule has 0 aromatic heterocycles. The average Bonchev–Trinajstić information content (AvgIpc) is 2.69. The predicted molar refractivity (Wildman–Crippen MR) is 59.6 cm³/mol. The molecule has 1 atom stereocenters. The fourth-order valence-electron chi connectivity index (χ4n) is 1.77. The van der Waals surface area contributed by atoms with Crippen LogP contribution in [-0.4, -0.2) is 25.0 Å². The summed E-state index contributed by atoms with van der Waals surface area (Å²) in [6.07, 6.45) is 0.757. The number of benzene rings is 1. The lowest BCUT2D eigenvalue weighted by Crippen LogP contribution is -2.40. The number of rotatable bonds is 3. The van der Waals surface area contributed by atoms with Gasteiger partial charge in [0.15, 0.2) is 0 Å². The lowest BCUT2D eigenvalue weighted by molar-refractivity contribution is -0.121. The van der Waals surface area contributed by atoms with Crippen molar-refractivity contribution in [3.05, 3.63) is 29.8 Å². The van der Waals surface area contributed by atoms with Crippen LogP contribution >= 0.6 is 0 Å². The highest BCUT2D eigenvalue weighted by Crippen LogP contribution is 2.24. The highest BCUT2D eigenvalue weighted by molar-refractivity contribution is 5.87. The molecule has 80 valence electrons. The number of carbonyl (C=O) groups is 1. The maximum Gasteiger partial charge on any atom is 0.242 e. The van der Waals surface area contributed by atoms with Gasteiger partial charge in [-0.3, -0.25) is 4.79 Å². The first-order chi connectivity index (χ1) is 7.31. The second-order valence-electron chi connectivity index (χ2n) is 3.64. The summed E-state index contributed by atoms with van der Waals surface area (Å²) in [4.78, 5) is 11.6. The Morgan fingerprint density at radius 1 is 1.53 bits per heavy atom. The first-order valence-electron chi connectivity index (χ1n) is 5.13. The van der Waals surface area contributed by atoms with Crippen LogP contribution in [0.15, 0.2) is 24.3 Å². The summed E-state index contributed by atoms with van der Waals surface area (Å²) in [5.41, 5.74) is 7.58. The quantitative estimate of drug-likeness (QED) is 0.655. The first kappa shape index (κ1) is 9.98. The van der Waals surface area contributed by atoms with Crippen LogP contribution in [0.3, 0.4) is 0 Å². The zero-order valence-corrected chi connectivity index (χ0v) is 8.49. The summed E-state index contributed by atoms with van der Waals surface area (Å²) in [6.45, 7) is 1.01. The molecule has 2 rings (SSSR count). The molecule has 1 aromatic carbocycles. The van der Waals surface area contributed by atoms with Crippen molar-refractivity contribution in [1.29, 1.82) is 0 Å². The number of hydrogen-bond donors (Lipinski definition) is 3. The Morgan fingerprint density at radius 2 is 2.33 bits per heavy atom. The minimum Gasteiger partial charge on any atom is -0.373 e. The van der Waals surface area contributed by atoms with Gasteiger partial charge < -0.3 is 16.4 Å². The molecule has 1 unspecified atom stereocenters. The molecule has 4 heteroatoms. The summed E-state index contributed by atoms with van der Waals surface area (Å²) in [5, 5.41) is 5.97. The summed E-state index contributed by atoms with van der Waals surface area (Å²) in [7, 11) is 0. The highest BCUT2D eigenvalue weighted by Gasteiger charge is 2.25. The van der Waals surface area contributed by atoms with Crippen LogP contribution in [0.25, 0.3) is 0 Å². The summed E-state index contributed by atoms with van der Waals surface area (Å²) >= 11 is 0. The van der Waals surface area contributed by atoms with Gasteiger partial charge in [0.2, 0.25) is 5.91 Å². The maximum absolute atomic E-state index is 11.6. The van der Waals surface area contributed by atoms with Crippen molar-refractivity contribution in [1.82, 2.24) is 5.32 Å². The van der Waals surface area contributed by atoms with Crippen LogP contribution < -0.4 is 16.4 Å². The molecule has 1 aromatic rings. The van der Waals surface area contributed by atoms with E-state index in [2.05, 4.69) is 10.6 Å². The van der Waals surface area contributed by atoms with Gasteiger partial charge in [0.05, 0.1) is 0 Å². The van der Waals surface area contributed by atoms with Crippen molar-refractivity contribution < 1.29 is 4.79 Å². The van der Waals surface area contributed by atoms with Gasteiger partial charge in [0, 0.05) is 25.2 Å². The number of fused-ring (bicyclic) bond motifs is 1. The molecule has 0 radical (unpaired) electrons. The molecule has 4 nitrogen and oxygen atoms in total. The van der Waals surface area contributed by atoms with Crippen molar-refractivity contribution in [2.45, 2.75) is 12.5 Å². The topological polar surface area (TPSA) is 67.1 Å². The van der Waals surface area contributed by atoms with Crippen molar-refractivity contribution >= 4 is 11.6 Å². The molecule has 0 spiro atoms. The predicted octanol–water partition coefficient (Wildman–Crippen LogP) is 0.0981. The lowest BCUT2D eigenvalue weighted by Gasteiger charge is -2.10. The smallest absolute Gasteiger partial charge is 0.242 e. The summed E-state index contributed by atoms with van der Waals surface area (Å²) < 4.78 is 0. The summed E-state index contributed by atoms with van der Waals surface area (Å²) in [5.74, 6) is 0.0247. The fourth-order valence-corrected chi connectivity index (χ4v) is 1.77. The second kappa shape index (κ2) is 4.31. The molecular weight excluding hydrogens is 190 g/mol. The molecule has 0 aliphatic carbocycles. The molecule has 0 bridgehead atoms. The standard InChI is InChI=1S/C11H15N3O/c12-5-6-13-11(15)10-7-8-3-1-2-4-9(8)14-10/h1-4,10,14H,5-7,12H2,(H,13,15). The third kappa shape index (κ3) is 2.10. The molecule has 0 saturated heterocycles. The Bertz CT molecular complexity index is 340. The van der Waals surface area contributed by atoms with Crippen LogP contribution in [0.1, 0.15) is 5.56 Å². The highest BCUT2D eigenvalue weighted by atomic mass is 16.2. The molecule has 15 heavy (non-hydrogen) atoms. The molecule has 0 fully saturated rings. The molecule has 0 saturated carbocycles. The van der Waals surface area contributed by atoms with Crippen LogP contribution in [-0.2, 0) is 11.2 Å². The Morgan fingerprint density at radius 3 is 3.07 bits per heavy atom. The Hall–Kier alpha value is -1.55. The van der Waals surface area contributed by atoms with Crippen molar-refractivity contribution in [2.75, 3.05) is 18.4 Å². The van der Waals surface area contributed by atoms with E-state index in [4.69, 9.17) is 5.73 Å². The van der Waals surface area contributed by atoms with E-state index in [0.29, 0.717) is 13.1 Å². The second-order valence-corrected chi connectivity index (χ2v) is 3.64. The maximum atomic E-state index is 11.6.